The molecule has 0 aliphatic carbocycles. The van der Waals surface area contributed by atoms with Crippen LogP contribution in [0, 0.1) is 0 Å². The van der Waals surface area contributed by atoms with Crippen LogP contribution in [0.25, 0.3) is 0 Å². The van der Waals surface area contributed by atoms with Crippen LogP contribution in [-0.4, -0.2) is 51.4 Å². The molecule has 0 spiro atoms. The van der Waals surface area contributed by atoms with E-state index in [1.165, 1.54) is 6.08 Å². The molecule has 14 heavy (non-hydrogen) atoms. The van der Waals surface area contributed by atoms with E-state index in [9.17, 15) is 5.11 Å². The fourth-order valence-corrected chi connectivity index (χ4v) is 1.49. The van der Waals surface area contributed by atoms with E-state index in [2.05, 4.69) is 0 Å². The van der Waals surface area contributed by atoms with Crippen LogP contribution in [0.3, 0.4) is 0 Å². The Morgan fingerprint density at radius 1 is 1.36 bits per heavy atom. The van der Waals surface area contributed by atoms with E-state index in [1.807, 2.05) is 0 Å². The Balaban J connectivity index is 2.72. The number of ether oxygens (including phenoxy) is 4. The standard InChI is InChI=1S/C9H16O5/c1-11-5-7-9(13-3)6(12-2)4-8(10)14-7/h4,6-7,9-10H,5H2,1-3H3/t6-,7-,9+/m1/s1. The zero-order chi connectivity index (χ0) is 10.6. The highest BCUT2D eigenvalue weighted by Gasteiger charge is 2.35. The highest BCUT2D eigenvalue weighted by atomic mass is 16.6. The molecule has 0 aromatic heterocycles. The Kier molecular flexibility index (Phi) is 4.19. The molecule has 0 saturated heterocycles. The lowest BCUT2D eigenvalue weighted by Gasteiger charge is -2.33. The summed E-state index contributed by atoms with van der Waals surface area (Å²) in [5, 5.41) is 9.27. The Morgan fingerprint density at radius 2 is 2.07 bits per heavy atom. The molecule has 0 radical (unpaired) electrons. The molecule has 0 bridgehead atoms. The van der Waals surface area contributed by atoms with Gasteiger partial charge in [-0.25, -0.2) is 0 Å². The molecule has 1 aliphatic rings. The predicted molar refractivity (Wildman–Crippen MR) is 49.1 cm³/mol. The Morgan fingerprint density at radius 3 is 2.57 bits per heavy atom. The molecule has 1 aliphatic heterocycles. The summed E-state index contributed by atoms with van der Waals surface area (Å²) in [5.41, 5.74) is 0. The molecule has 5 heteroatoms. The number of hydrogen-bond acceptors (Lipinski definition) is 5. The van der Waals surface area contributed by atoms with Crippen molar-refractivity contribution in [1.29, 1.82) is 0 Å². The average molecular weight is 204 g/mol. The van der Waals surface area contributed by atoms with Crippen molar-refractivity contribution in [2.75, 3.05) is 27.9 Å². The fraction of sp³-hybridized carbons (Fsp3) is 0.778. The maximum atomic E-state index is 9.27. The smallest absolute Gasteiger partial charge is 0.275 e. The molecule has 82 valence electrons. The number of aliphatic hydroxyl groups excluding tert-OH is 1. The summed E-state index contributed by atoms with van der Waals surface area (Å²) in [6.07, 6.45) is 0.546. The third kappa shape index (κ3) is 2.37. The molecule has 5 nitrogen and oxygen atoms in total. The molecule has 1 heterocycles. The fourth-order valence-electron chi connectivity index (χ4n) is 1.49. The average Bonchev–Trinajstić information content (AvgIpc) is 2.17. The van der Waals surface area contributed by atoms with E-state index in [4.69, 9.17) is 18.9 Å². The lowest BCUT2D eigenvalue weighted by atomic mass is 10.1. The first-order chi connectivity index (χ1) is 6.72. The summed E-state index contributed by atoms with van der Waals surface area (Å²) in [4.78, 5) is 0. The normalized spacial score (nSPS) is 32.2. The largest absolute Gasteiger partial charge is 0.481 e. The third-order valence-corrected chi connectivity index (χ3v) is 2.14. The van der Waals surface area contributed by atoms with Crippen LogP contribution in [-0.2, 0) is 18.9 Å². The first-order valence-corrected chi connectivity index (χ1v) is 4.35. The Bertz CT molecular complexity index is 203. The van der Waals surface area contributed by atoms with Crippen LogP contribution in [0.1, 0.15) is 0 Å². The van der Waals surface area contributed by atoms with Gasteiger partial charge in [0.25, 0.3) is 5.95 Å². The van der Waals surface area contributed by atoms with Crippen LogP contribution < -0.4 is 0 Å². The number of rotatable bonds is 4. The van der Waals surface area contributed by atoms with Crippen molar-refractivity contribution < 1.29 is 24.1 Å². The summed E-state index contributed by atoms with van der Waals surface area (Å²) >= 11 is 0. The van der Waals surface area contributed by atoms with Crippen molar-refractivity contribution in [3.8, 4) is 0 Å². The first-order valence-electron chi connectivity index (χ1n) is 4.35. The Labute approximate surface area is 83.2 Å². The van der Waals surface area contributed by atoms with Gasteiger partial charge in [-0.1, -0.05) is 0 Å². The van der Waals surface area contributed by atoms with Crippen molar-refractivity contribution in [2.24, 2.45) is 0 Å². The van der Waals surface area contributed by atoms with E-state index >= 15 is 0 Å². The maximum absolute atomic E-state index is 9.27. The van der Waals surface area contributed by atoms with Crippen molar-refractivity contribution in [3.05, 3.63) is 12.0 Å². The van der Waals surface area contributed by atoms with Crippen LogP contribution >= 0.6 is 0 Å². The molecule has 0 aromatic carbocycles. The second-order valence-electron chi connectivity index (χ2n) is 3.02. The van der Waals surface area contributed by atoms with Crippen LogP contribution in [0.15, 0.2) is 12.0 Å². The summed E-state index contributed by atoms with van der Waals surface area (Å²) in [6, 6.07) is 0. The predicted octanol–water partition coefficient (Wildman–Crippen LogP) is 0.461. The lowest BCUT2D eigenvalue weighted by molar-refractivity contribution is -0.141. The van der Waals surface area contributed by atoms with Crippen molar-refractivity contribution in [3.63, 3.8) is 0 Å². The van der Waals surface area contributed by atoms with E-state index in [0.29, 0.717) is 6.61 Å². The molecule has 0 amide bonds. The van der Waals surface area contributed by atoms with Crippen molar-refractivity contribution >= 4 is 0 Å². The van der Waals surface area contributed by atoms with Gasteiger partial charge in [0.05, 0.1) is 6.61 Å². The Hall–Kier alpha value is -0.780. The van der Waals surface area contributed by atoms with Gasteiger partial charge < -0.3 is 24.1 Å². The van der Waals surface area contributed by atoms with Gasteiger partial charge in [-0.3, -0.25) is 0 Å². The SMILES string of the molecule is COC[C@H]1OC(O)=C[C@@H](OC)[C@@H]1OC. The molecule has 1 N–H and O–H groups in total. The maximum Gasteiger partial charge on any atom is 0.275 e. The minimum absolute atomic E-state index is 0.146. The van der Waals surface area contributed by atoms with Crippen LogP contribution in [0.2, 0.25) is 0 Å². The molecule has 3 atom stereocenters. The van der Waals surface area contributed by atoms with Gasteiger partial charge in [-0.05, 0) is 0 Å². The van der Waals surface area contributed by atoms with Crippen molar-refractivity contribution in [1.82, 2.24) is 0 Å². The van der Waals surface area contributed by atoms with Gasteiger partial charge in [0.1, 0.15) is 12.2 Å². The van der Waals surface area contributed by atoms with Gasteiger partial charge >= 0.3 is 0 Å². The van der Waals surface area contributed by atoms with Crippen LogP contribution in [0.5, 0.6) is 0 Å². The minimum atomic E-state index is -0.347. The monoisotopic (exact) mass is 204 g/mol. The molecular weight excluding hydrogens is 188 g/mol. The zero-order valence-electron chi connectivity index (χ0n) is 8.60. The van der Waals surface area contributed by atoms with E-state index in [-0.39, 0.29) is 24.3 Å². The summed E-state index contributed by atoms with van der Waals surface area (Å²) in [6.45, 7) is 0.344. The number of aliphatic hydroxyl groups is 1. The molecule has 0 fully saturated rings. The zero-order valence-corrected chi connectivity index (χ0v) is 8.60. The lowest BCUT2D eigenvalue weighted by Crippen LogP contribution is -2.46. The molecule has 1 rings (SSSR count). The van der Waals surface area contributed by atoms with E-state index < -0.39 is 0 Å². The summed E-state index contributed by atoms with van der Waals surface area (Å²) in [5.74, 6) is -0.146. The van der Waals surface area contributed by atoms with Gasteiger partial charge in [-0.2, -0.15) is 0 Å². The van der Waals surface area contributed by atoms with Crippen LogP contribution in [0.4, 0.5) is 0 Å². The van der Waals surface area contributed by atoms with Gasteiger partial charge in [0.2, 0.25) is 0 Å². The summed E-state index contributed by atoms with van der Waals surface area (Å²) in [7, 11) is 4.68. The molecule has 0 aromatic rings. The van der Waals surface area contributed by atoms with E-state index in [0.717, 1.165) is 0 Å². The van der Waals surface area contributed by atoms with Gasteiger partial charge in [-0.15, -0.1) is 0 Å². The second kappa shape index (κ2) is 5.19. The third-order valence-electron chi connectivity index (χ3n) is 2.14. The molecular formula is C9H16O5. The number of hydrogen-bond donors (Lipinski definition) is 1. The molecule has 0 unspecified atom stereocenters. The highest BCUT2D eigenvalue weighted by Crippen LogP contribution is 2.21. The summed E-state index contributed by atoms with van der Waals surface area (Å²) < 4.78 is 20.5. The van der Waals surface area contributed by atoms with Crippen molar-refractivity contribution in [2.45, 2.75) is 18.3 Å². The van der Waals surface area contributed by atoms with Gasteiger partial charge in [0.15, 0.2) is 6.10 Å². The minimum Gasteiger partial charge on any atom is -0.481 e. The first kappa shape index (κ1) is 11.3. The number of methoxy groups -OCH3 is 3. The second-order valence-corrected chi connectivity index (χ2v) is 3.02. The topological polar surface area (TPSA) is 57.2 Å². The quantitative estimate of drug-likeness (QED) is 0.721. The van der Waals surface area contributed by atoms with Gasteiger partial charge in [0, 0.05) is 27.4 Å². The highest BCUT2D eigenvalue weighted by molar-refractivity contribution is 5.02. The van der Waals surface area contributed by atoms with E-state index in [1.54, 1.807) is 21.3 Å². The molecule has 0 saturated carbocycles.